The molecule has 0 unspecified atom stereocenters. The van der Waals surface area contributed by atoms with Crippen LogP contribution in [0.15, 0.2) is 46.3 Å². The molecule has 0 aliphatic carbocycles. The number of methoxy groups -OCH3 is 1. The van der Waals surface area contributed by atoms with Gasteiger partial charge in [0.15, 0.2) is 15.8 Å². The van der Waals surface area contributed by atoms with Crippen molar-refractivity contribution < 1.29 is 22.7 Å². The van der Waals surface area contributed by atoms with Crippen LogP contribution in [-0.4, -0.2) is 33.7 Å². The molecule has 0 fully saturated rings. The summed E-state index contributed by atoms with van der Waals surface area (Å²) in [7, 11) is -2.18. The minimum absolute atomic E-state index is 0.101. The molecular weight excluding hydrogens is 370 g/mol. The topological polar surface area (TPSA) is 134 Å². The lowest BCUT2D eigenvalue weighted by Crippen LogP contribution is -2.24. The van der Waals surface area contributed by atoms with Crippen molar-refractivity contribution in [3.8, 4) is 17.2 Å². The van der Waals surface area contributed by atoms with Crippen molar-refractivity contribution in [3.63, 3.8) is 0 Å². The van der Waals surface area contributed by atoms with E-state index in [0.717, 1.165) is 6.26 Å². The van der Waals surface area contributed by atoms with Gasteiger partial charge in [0.2, 0.25) is 0 Å². The SMILES string of the molecule is CCc1cc(Oc2cccc(OC)c2)c(S(C)(=O)=O)cc1C(=O)N=C(N)N. The summed E-state index contributed by atoms with van der Waals surface area (Å²) in [5, 5.41) is 0. The molecule has 1 amide bonds. The summed E-state index contributed by atoms with van der Waals surface area (Å²) in [6.07, 6.45) is 1.47. The van der Waals surface area contributed by atoms with Crippen LogP contribution in [0.4, 0.5) is 0 Å². The number of aliphatic imine (C=N–C) groups is 1. The van der Waals surface area contributed by atoms with Crippen LogP contribution in [0, 0.1) is 0 Å². The number of guanidine groups is 1. The summed E-state index contributed by atoms with van der Waals surface area (Å²) in [5.74, 6) is -0.0681. The van der Waals surface area contributed by atoms with Crippen LogP contribution < -0.4 is 20.9 Å². The fourth-order valence-electron chi connectivity index (χ4n) is 2.43. The Labute approximate surface area is 157 Å². The van der Waals surface area contributed by atoms with E-state index in [1.807, 2.05) is 6.92 Å². The van der Waals surface area contributed by atoms with Crippen molar-refractivity contribution in [3.05, 3.63) is 47.5 Å². The van der Waals surface area contributed by atoms with E-state index in [2.05, 4.69) is 4.99 Å². The Bertz CT molecular complexity index is 996. The Hall–Kier alpha value is -3.07. The highest BCUT2D eigenvalue weighted by molar-refractivity contribution is 7.90. The number of amides is 1. The van der Waals surface area contributed by atoms with E-state index in [4.69, 9.17) is 20.9 Å². The standard InChI is InChI=1S/C18H21N3O5S/c1-4-11-8-15(26-13-7-5-6-12(9-13)25-2)16(27(3,23)24)10-14(11)17(22)21-18(19)20/h5-10H,4H2,1-3H3,(H4,19,20,21,22). The van der Waals surface area contributed by atoms with Gasteiger partial charge in [-0.05, 0) is 36.2 Å². The minimum atomic E-state index is -3.70. The van der Waals surface area contributed by atoms with Gasteiger partial charge in [-0.3, -0.25) is 4.79 Å². The zero-order chi connectivity index (χ0) is 20.2. The third-order valence-corrected chi connectivity index (χ3v) is 4.80. The molecule has 4 N–H and O–H groups in total. The number of hydrogen-bond acceptors (Lipinski definition) is 5. The van der Waals surface area contributed by atoms with Gasteiger partial charge in [0.1, 0.15) is 22.1 Å². The number of benzene rings is 2. The summed E-state index contributed by atoms with van der Waals surface area (Å²) >= 11 is 0. The molecule has 0 aliphatic heterocycles. The summed E-state index contributed by atoms with van der Waals surface area (Å²) in [5.41, 5.74) is 11.2. The van der Waals surface area contributed by atoms with Crippen molar-refractivity contribution >= 4 is 21.7 Å². The van der Waals surface area contributed by atoms with Gasteiger partial charge >= 0.3 is 0 Å². The molecule has 0 aliphatic rings. The number of carbonyl (C=O) groups excluding carboxylic acids is 1. The zero-order valence-electron chi connectivity index (χ0n) is 15.2. The van der Waals surface area contributed by atoms with Gasteiger partial charge in [-0.15, -0.1) is 0 Å². The normalized spacial score (nSPS) is 10.9. The first-order valence-corrected chi connectivity index (χ1v) is 9.87. The number of nitrogens with zero attached hydrogens (tertiary/aromatic N) is 1. The van der Waals surface area contributed by atoms with Crippen molar-refractivity contribution in [2.45, 2.75) is 18.2 Å². The fourth-order valence-corrected chi connectivity index (χ4v) is 3.23. The molecule has 0 heterocycles. The van der Waals surface area contributed by atoms with Crippen molar-refractivity contribution in [1.29, 1.82) is 0 Å². The van der Waals surface area contributed by atoms with Gasteiger partial charge in [0.05, 0.1) is 7.11 Å². The Morgan fingerprint density at radius 3 is 2.37 bits per heavy atom. The van der Waals surface area contributed by atoms with E-state index in [-0.39, 0.29) is 16.2 Å². The third kappa shape index (κ3) is 4.98. The fraction of sp³-hybridized carbons (Fsp3) is 0.222. The number of nitrogens with two attached hydrogens (primary N) is 2. The van der Waals surface area contributed by atoms with Crippen LogP contribution in [-0.2, 0) is 16.3 Å². The van der Waals surface area contributed by atoms with E-state index in [1.165, 1.54) is 19.2 Å². The molecular formula is C18H21N3O5S. The average molecular weight is 391 g/mol. The second kappa shape index (κ2) is 8.09. The lowest BCUT2D eigenvalue weighted by atomic mass is 10.0. The van der Waals surface area contributed by atoms with Crippen LogP contribution in [0.25, 0.3) is 0 Å². The molecule has 0 saturated heterocycles. The second-order valence-corrected chi connectivity index (χ2v) is 7.69. The molecule has 2 rings (SSSR count). The lowest BCUT2D eigenvalue weighted by molar-refractivity contribution is 0.100. The molecule has 0 aromatic heterocycles. The van der Waals surface area contributed by atoms with Crippen LogP contribution in [0.2, 0.25) is 0 Å². The quantitative estimate of drug-likeness (QED) is 0.567. The Morgan fingerprint density at radius 2 is 1.81 bits per heavy atom. The molecule has 0 saturated carbocycles. The summed E-state index contributed by atoms with van der Waals surface area (Å²) in [6, 6.07) is 9.48. The predicted molar refractivity (Wildman–Crippen MR) is 102 cm³/mol. The molecule has 0 bridgehead atoms. The maximum atomic E-state index is 12.3. The van der Waals surface area contributed by atoms with E-state index >= 15 is 0 Å². The van der Waals surface area contributed by atoms with E-state index in [1.54, 1.807) is 24.3 Å². The first-order valence-electron chi connectivity index (χ1n) is 7.98. The predicted octanol–water partition coefficient (Wildman–Crippen LogP) is 1.87. The Kier molecular flexibility index (Phi) is 6.06. The average Bonchev–Trinajstić information content (AvgIpc) is 2.59. The molecule has 0 spiro atoms. The molecule has 0 radical (unpaired) electrons. The van der Waals surface area contributed by atoms with E-state index in [9.17, 15) is 13.2 Å². The highest BCUT2D eigenvalue weighted by Gasteiger charge is 2.22. The molecule has 2 aromatic rings. The first-order chi connectivity index (χ1) is 12.7. The van der Waals surface area contributed by atoms with Crippen molar-refractivity contribution in [2.75, 3.05) is 13.4 Å². The number of ether oxygens (including phenoxy) is 2. The molecule has 8 nitrogen and oxygen atoms in total. The number of aryl methyl sites for hydroxylation is 1. The number of carbonyl (C=O) groups is 1. The Morgan fingerprint density at radius 1 is 1.15 bits per heavy atom. The monoisotopic (exact) mass is 391 g/mol. The van der Waals surface area contributed by atoms with Crippen LogP contribution in [0.1, 0.15) is 22.8 Å². The number of hydrogen-bond donors (Lipinski definition) is 2. The number of sulfone groups is 1. The maximum absolute atomic E-state index is 12.3. The highest BCUT2D eigenvalue weighted by Crippen LogP contribution is 2.33. The Balaban J connectivity index is 2.62. The number of rotatable bonds is 6. The molecule has 27 heavy (non-hydrogen) atoms. The zero-order valence-corrected chi connectivity index (χ0v) is 16.0. The molecule has 2 aromatic carbocycles. The van der Waals surface area contributed by atoms with Crippen LogP contribution in [0.3, 0.4) is 0 Å². The highest BCUT2D eigenvalue weighted by atomic mass is 32.2. The summed E-state index contributed by atoms with van der Waals surface area (Å²) in [4.78, 5) is 15.6. The largest absolute Gasteiger partial charge is 0.497 e. The van der Waals surface area contributed by atoms with Crippen LogP contribution in [0.5, 0.6) is 17.2 Å². The van der Waals surface area contributed by atoms with Crippen molar-refractivity contribution in [1.82, 2.24) is 0 Å². The van der Waals surface area contributed by atoms with Crippen LogP contribution >= 0.6 is 0 Å². The van der Waals surface area contributed by atoms with Gasteiger partial charge in [-0.2, -0.15) is 4.99 Å². The minimum Gasteiger partial charge on any atom is -0.497 e. The van der Waals surface area contributed by atoms with Gasteiger partial charge in [-0.1, -0.05) is 13.0 Å². The van der Waals surface area contributed by atoms with E-state index in [0.29, 0.717) is 23.5 Å². The smallest absolute Gasteiger partial charge is 0.280 e. The maximum Gasteiger partial charge on any atom is 0.280 e. The molecule has 0 atom stereocenters. The van der Waals surface area contributed by atoms with Gasteiger partial charge in [0, 0.05) is 17.9 Å². The van der Waals surface area contributed by atoms with Gasteiger partial charge < -0.3 is 20.9 Å². The second-order valence-electron chi connectivity index (χ2n) is 5.70. The van der Waals surface area contributed by atoms with Crippen molar-refractivity contribution in [2.24, 2.45) is 16.5 Å². The van der Waals surface area contributed by atoms with Gasteiger partial charge in [-0.25, -0.2) is 8.42 Å². The van der Waals surface area contributed by atoms with Gasteiger partial charge in [0.25, 0.3) is 5.91 Å². The summed E-state index contributed by atoms with van der Waals surface area (Å²) < 4.78 is 35.4. The third-order valence-electron chi connectivity index (χ3n) is 3.68. The summed E-state index contributed by atoms with van der Waals surface area (Å²) in [6.45, 7) is 1.82. The first kappa shape index (κ1) is 20.2. The lowest BCUT2D eigenvalue weighted by Gasteiger charge is -2.14. The van der Waals surface area contributed by atoms with E-state index < -0.39 is 21.7 Å². The molecule has 144 valence electrons. The molecule has 9 heteroatoms.